The van der Waals surface area contributed by atoms with Crippen molar-refractivity contribution in [3.63, 3.8) is 0 Å². The van der Waals surface area contributed by atoms with E-state index >= 15 is 0 Å². The first-order valence-electron chi connectivity index (χ1n) is 4.91. The molecule has 1 rings (SSSR count). The van der Waals surface area contributed by atoms with Gasteiger partial charge >= 0.3 is 0 Å². The second kappa shape index (κ2) is 4.81. The number of hydrogen-bond acceptors (Lipinski definition) is 1. The highest BCUT2D eigenvalue weighted by Gasteiger charge is 2.21. The van der Waals surface area contributed by atoms with Gasteiger partial charge in [0.1, 0.15) is 0 Å². The van der Waals surface area contributed by atoms with Gasteiger partial charge in [-0.25, -0.2) is 0 Å². The average Bonchev–Trinajstić information content (AvgIpc) is 2.15. The summed E-state index contributed by atoms with van der Waals surface area (Å²) in [5.74, 6) is 0. The Morgan fingerprint density at radius 1 is 1.29 bits per heavy atom. The molecule has 0 bridgehead atoms. The maximum absolute atomic E-state index is 5.62. The van der Waals surface area contributed by atoms with E-state index in [1.165, 1.54) is 11.1 Å². The lowest BCUT2D eigenvalue weighted by Crippen LogP contribution is -2.32. The molecule has 0 aliphatic heterocycles. The van der Waals surface area contributed by atoms with Gasteiger partial charge in [-0.15, -0.1) is 11.6 Å². The monoisotopic (exact) mass is 211 g/mol. The molecule has 0 fully saturated rings. The van der Waals surface area contributed by atoms with Gasteiger partial charge in [-0.3, -0.25) is 0 Å². The number of hydrogen-bond donors (Lipinski definition) is 1. The number of alkyl halides is 1. The lowest BCUT2D eigenvalue weighted by atomic mass is 9.82. The van der Waals surface area contributed by atoms with Crippen molar-refractivity contribution in [2.75, 3.05) is 12.5 Å². The molecular formula is C12H18ClN. The Bertz CT molecular complexity index is 294. The fraction of sp³-hybridized carbons (Fsp3) is 0.500. The van der Waals surface area contributed by atoms with Crippen LogP contribution in [-0.4, -0.2) is 12.5 Å². The molecule has 1 aromatic rings. The van der Waals surface area contributed by atoms with Crippen LogP contribution in [0.15, 0.2) is 24.3 Å². The fourth-order valence-corrected chi connectivity index (χ4v) is 1.88. The van der Waals surface area contributed by atoms with Crippen molar-refractivity contribution in [3.8, 4) is 0 Å². The highest BCUT2D eigenvalue weighted by atomic mass is 35.5. The molecule has 1 nitrogen and oxygen atoms in total. The molecule has 2 heteroatoms. The van der Waals surface area contributed by atoms with E-state index in [1.807, 2.05) is 0 Å². The number of benzene rings is 1. The average molecular weight is 212 g/mol. The largest absolute Gasteiger partial charge is 0.303 e. The second-order valence-electron chi connectivity index (χ2n) is 4.26. The predicted molar refractivity (Wildman–Crippen MR) is 62.9 cm³/mol. The van der Waals surface area contributed by atoms with Gasteiger partial charge in [0, 0.05) is 12.0 Å². The van der Waals surface area contributed by atoms with E-state index in [4.69, 9.17) is 11.6 Å². The molecule has 0 unspecified atom stereocenters. The molecule has 0 saturated heterocycles. The number of aryl methyl sites for hydroxylation is 1. The lowest BCUT2D eigenvalue weighted by molar-refractivity contribution is 0.486. The zero-order chi connectivity index (χ0) is 10.6. The van der Waals surface area contributed by atoms with Crippen LogP contribution in [0.2, 0.25) is 0 Å². The third kappa shape index (κ3) is 2.73. The van der Waals surface area contributed by atoms with E-state index in [0.29, 0.717) is 6.00 Å². The van der Waals surface area contributed by atoms with Crippen LogP contribution in [0.1, 0.15) is 25.0 Å². The summed E-state index contributed by atoms with van der Waals surface area (Å²) in [6.07, 6.45) is 0. The Hall–Kier alpha value is -0.530. The van der Waals surface area contributed by atoms with Crippen molar-refractivity contribution in [2.45, 2.75) is 26.2 Å². The van der Waals surface area contributed by atoms with Crippen LogP contribution >= 0.6 is 11.6 Å². The SMILES string of the molecule is Cc1ccccc1C(C)(C)CNCCl. The number of rotatable bonds is 4. The van der Waals surface area contributed by atoms with Gasteiger partial charge in [0.2, 0.25) is 0 Å². The molecule has 0 saturated carbocycles. The van der Waals surface area contributed by atoms with Gasteiger partial charge in [0.25, 0.3) is 0 Å². The summed E-state index contributed by atoms with van der Waals surface area (Å²) in [6, 6.07) is 9.01. The van der Waals surface area contributed by atoms with E-state index in [9.17, 15) is 0 Å². The van der Waals surface area contributed by atoms with E-state index < -0.39 is 0 Å². The maximum Gasteiger partial charge on any atom is 0.0713 e. The highest BCUT2D eigenvalue weighted by molar-refractivity contribution is 6.17. The van der Waals surface area contributed by atoms with Crippen LogP contribution in [0.4, 0.5) is 0 Å². The van der Waals surface area contributed by atoms with Crippen molar-refractivity contribution in [1.82, 2.24) is 5.32 Å². The molecule has 1 N–H and O–H groups in total. The smallest absolute Gasteiger partial charge is 0.0713 e. The van der Waals surface area contributed by atoms with Gasteiger partial charge < -0.3 is 5.32 Å². The molecule has 0 spiro atoms. The molecule has 0 radical (unpaired) electrons. The molecule has 0 aliphatic carbocycles. The number of nitrogens with one attached hydrogen (secondary N) is 1. The topological polar surface area (TPSA) is 12.0 Å². The summed E-state index contributed by atoms with van der Waals surface area (Å²) in [5.41, 5.74) is 2.87. The quantitative estimate of drug-likeness (QED) is 0.596. The molecule has 0 aliphatic rings. The molecule has 1 aromatic carbocycles. The van der Waals surface area contributed by atoms with E-state index in [2.05, 4.69) is 50.4 Å². The minimum absolute atomic E-state index is 0.139. The van der Waals surface area contributed by atoms with Crippen LogP contribution in [0.25, 0.3) is 0 Å². The summed E-state index contributed by atoms with van der Waals surface area (Å²) in [4.78, 5) is 0. The minimum Gasteiger partial charge on any atom is -0.303 e. The Balaban J connectivity index is 2.86. The van der Waals surface area contributed by atoms with Crippen LogP contribution in [-0.2, 0) is 5.41 Å². The number of halogens is 1. The molecule has 78 valence electrons. The van der Waals surface area contributed by atoms with E-state index in [0.717, 1.165) is 6.54 Å². The van der Waals surface area contributed by atoms with Crippen LogP contribution in [0.3, 0.4) is 0 Å². The summed E-state index contributed by atoms with van der Waals surface area (Å²) in [5, 5.41) is 3.18. The van der Waals surface area contributed by atoms with Crippen LogP contribution in [0.5, 0.6) is 0 Å². The molecule has 14 heavy (non-hydrogen) atoms. The third-order valence-corrected chi connectivity index (χ3v) is 2.72. The van der Waals surface area contributed by atoms with Gasteiger partial charge in [-0.05, 0) is 18.1 Å². The van der Waals surface area contributed by atoms with E-state index in [1.54, 1.807) is 0 Å². The summed E-state index contributed by atoms with van der Waals surface area (Å²) >= 11 is 5.62. The zero-order valence-electron chi connectivity index (χ0n) is 9.10. The van der Waals surface area contributed by atoms with Gasteiger partial charge in [0.15, 0.2) is 0 Å². The molecule has 0 aromatic heterocycles. The molecule has 0 amide bonds. The van der Waals surface area contributed by atoms with E-state index in [-0.39, 0.29) is 5.41 Å². The van der Waals surface area contributed by atoms with Crippen LogP contribution in [0, 0.1) is 6.92 Å². The standard InChI is InChI=1S/C12H18ClN/c1-10-6-4-5-7-11(10)12(2,3)8-14-9-13/h4-7,14H,8-9H2,1-3H3. The first-order valence-corrected chi connectivity index (χ1v) is 5.44. The Morgan fingerprint density at radius 3 is 2.50 bits per heavy atom. The summed E-state index contributed by atoms with van der Waals surface area (Å²) in [7, 11) is 0. The first kappa shape index (κ1) is 11.5. The zero-order valence-corrected chi connectivity index (χ0v) is 9.86. The van der Waals surface area contributed by atoms with Crippen molar-refractivity contribution >= 4 is 11.6 Å². The lowest BCUT2D eigenvalue weighted by Gasteiger charge is -2.27. The third-order valence-electron chi connectivity index (χ3n) is 2.54. The first-order chi connectivity index (χ1) is 6.58. The predicted octanol–water partition coefficient (Wildman–Crippen LogP) is 3.06. The van der Waals surface area contributed by atoms with Gasteiger partial charge in [-0.1, -0.05) is 38.1 Å². The molecular weight excluding hydrogens is 194 g/mol. The van der Waals surface area contributed by atoms with Crippen molar-refractivity contribution in [2.24, 2.45) is 0 Å². The normalized spacial score (nSPS) is 11.7. The summed E-state index contributed by atoms with van der Waals surface area (Å²) < 4.78 is 0. The summed E-state index contributed by atoms with van der Waals surface area (Å²) in [6.45, 7) is 7.52. The minimum atomic E-state index is 0.139. The highest BCUT2D eigenvalue weighted by Crippen LogP contribution is 2.25. The Kier molecular flexibility index (Phi) is 3.97. The maximum atomic E-state index is 5.62. The second-order valence-corrected chi connectivity index (χ2v) is 4.53. The van der Waals surface area contributed by atoms with Crippen LogP contribution < -0.4 is 5.32 Å². The van der Waals surface area contributed by atoms with Crippen molar-refractivity contribution < 1.29 is 0 Å². The Morgan fingerprint density at radius 2 is 1.93 bits per heavy atom. The van der Waals surface area contributed by atoms with Crippen molar-refractivity contribution in [3.05, 3.63) is 35.4 Å². The van der Waals surface area contributed by atoms with Crippen molar-refractivity contribution in [1.29, 1.82) is 0 Å². The van der Waals surface area contributed by atoms with Gasteiger partial charge in [0.05, 0.1) is 6.00 Å². The molecule has 0 atom stereocenters. The Labute approximate surface area is 91.5 Å². The van der Waals surface area contributed by atoms with Gasteiger partial charge in [-0.2, -0.15) is 0 Å². The fourth-order valence-electron chi connectivity index (χ4n) is 1.79. The molecule has 0 heterocycles.